The van der Waals surface area contributed by atoms with E-state index in [-0.39, 0.29) is 11.9 Å². The van der Waals surface area contributed by atoms with Gasteiger partial charge in [-0.05, 0) is 49.4 Å². The fraction of sp³-hybridized carbons (Fsp3) is 0.250. The number of rotatable bonds is 5. The van der Waals surface area contributed by atoms with Crippen molar-refractivity contribution in [3.63, 3.8) is 0 Å². The summed E-state index contributed by atoms with van der Waals surface area (Å²) in [4.78, 5) is 1.73. The van der Waals surface area contributed by atoms with Gasteiger partial charge in [0, 0.05) is 15.4 Å². The highest BCUT2D eigenvalue weighted by molar-refractivity contribution is 9.10. The predicted octanol–water partition coefficient (Wildman–Crippen LogP) is 5.41. The van der Waals surface area contributed by atoms with Gasteiger partial charge in [-0.15, -0.1) is 0 Å². The van der Waals surface area contributed by atoms with Crippen molar-refractivity contribution in [3.8, 4) is 0 Å². The minimum absolute atomic E-state index is 0.133. The lowest BCUT2D eigenvalue weighted by molar-refractivity contribution is 0.558. The maximum atomic E-state index is 14.2. The average Bonchev–Trinajstić information content (AvgIpc) is 2.43. The zero-order valence-corrected chi connectivity index (χ0v) is 13.9. The van der Waals surface area contributed by atoms with Crippen LogP contribution in [0.2, 0.25) is 0 Å². The van der Waals surface area contributed by atoms with Gasteiger partial charge in [0.15, 0.2) is 0 Å². The number of hydrogen-bond acceptors (Lipinski definition) is 2. The van der Waals surface area contributed by atoms with Crippen LogP contribution in [0, 0.1) is 5.82 Å². The summed E-state index contributed by atoms with van der Waals surface area (Å²) in [5.41, 5.74) is 1.000. The summed E-state index contributed by atoms with van der Waals surface area (Å²) >= 11 is 4.88. The van der Waals surface area contributed by atoms with Crippen molar-refractivity contribution >= 4 is 27.7 Å². The van der Waals surface area contributed by atoms with Crippen molar-refractivity contribution in [2.45, 2.75) is 29.7 Å². The van der Waals surface area contributed by atoms with Crippen LogP contribution in [0.3, 0.4) is 0 Å². The molecule has 0 amide bonds. The van der Waals surface area contributed by atoms with Crippen LogP contribution in [-0.2, 0) is 0 Å². The molecule has 0 radical (unpaired) electrons. The van der Waals surface area contributed by atoms with Gasteiger partial charge in [0.1, 0.15) is 5.82 Å². The maximum absolute atomic E-state index is 14.2. The lowest BCUT2D eigenvalue weighted by atomic mass is 10.1. The van der Waals surface area contributed by atoms with Gasteiger partial charge in [0.2, 0.25) is 0 Å². The van der Waals surface area contributed by atoms with Crippen LogP contribution >= 0.6 is 27.7 Å². The first kappa shape index (κ1) is 15.5. The molecule has 20 heavy (non-hydrogen) atoms. The van der Waals surface area contributed by atoms with Gasteiger partial charge in [0.05, 0.1) is 4.90 Å². The molecule has 0 heterocycles. The zero-order chi connectivity index (χ0) is 14.5. The van der Waals surface area contributed by atoms with Crippen LogP contribution in [0.15, 0.2) is 56.7 Å². The highest BCUT2D eigenvalue weighted by atomic mass is 79.9. The van der Waals surface area contributed by atoms with Gasteiger partial charge in [-0.2, -0.15) is 0 Å². The molecule has 0 aliphatic carbocycles. The molecule has 0 fully saturated rings. The Labute approximate surface area is 132 Å². The van der Waals surface area contributed by atoms with Crippen molar-refractivity contribution in [3.05, 3.63) is 58.3 Å². The summed E-state index contributed by atoms with van der Waals surface area (Å²) in [5.74, 6) is -0.167. The third-order valence-electron chi connectivity index (χ3n) is 3.01. The van der Waals surface area contributed by atoms with Crippen molar-refractivity contribution in [2.24, 2.45) is 0 Å². The number of halogens is 2. The lowest BCUT2D eigenvalue weighted by Gasteiger charge is -2.17. The first-order valence-corrected chi connectivity index (χ1v) is 8.18. The van der Waals surface area contributed by atoms with E-state index in [9.17, 15) is 4.39 Å². The molecule has 1 unspecified atom stereocenters. The topological polar surface area (TPSA) is 12.0 Å². The second kappa shape index (κ2) is 7.25. The molecule has 1 atom stereocenters. The fourth-order valence-corrected chi connectivity index (χ4v) is 3.31. The van der Waals surface area contributed by atoms with E-state index in [0.717, 1.165) is 21.5 Å². The highest BCUT2D eigenvalue weighted by Crippen LogP contribution is 2.35. The molecule has 0 spiro atoms. The molecule has 2 aromatic rings. The molecule has 2 rings (SSSR count). The predicted molar refractivity (Wildman–Crippen MR) is 86.8 cm³/mol. The molecule has 4 heteroatoms. The quantitative estimate of drug-likeness (QED) is 0.771. The van der Waals surface area contributed by atoms with E-state index in [1.54, 1.807) is 6.07 Å². The van der Waals surface area contributed by atoms with Crippen molar-refractivity contribution < 1.29 is 4.39 Å². The van der Waals surface area contributed by atoms with Gasteiger partial charge >= 0.3 is 0 Å². The molecule has 0 aliphatic heterocycles. The summed E-state index contributed by atoms with van der Waals surface area (Å²) in [5, 5.41) is 3.34. The highest BCUT2D eigenvalue weighted by Gasteiger charge is 2.14. The molecule has 0 bridgehead atoms. The van der Waals surface area contributed by atoms with Crippen LogP contribution in [0.5, 0.6) is 0 Å². The Hall–Kier alpha value is -0.840. The first-order valence-electron chi connectivity index (χ1n) is 6.57. The Bertz CT molecular complexity index is 571. The fourth-order valence-electron chi connectivity index (χ4n) is 2.01. The number of nitrogens with one attached hydrogen (secondary N) is 1. The van der Waals surface area contributed by atoms with E-state index in [1.807, 2.05) is 30.3 Å². The van der Waals surface area contributed by atoms with Crippen LogP contribution in [0.4, 0.5) is 4.39 Å². The van der Waals surface area contributed by atoms with E-state index < -0.39 is 0 Å². The minimum atomic E-state index is -0.167. The molecule has 1 nitrogen and oxygen atoms in total. The second-order valence-corrected chi connectivity index (χ2v) is 6.49. The molecular weight excluding hydrogens is 337 g/mol. The molecule has 2 aromatic carbocycles. The molecule has 0 saturated heterocycles. The Balaban J connectivity index is 2.32. The van der Waals surface area contributed by atoms with E-state index in [2.05, 4.69) is 35.1 Å². The van der Waals surface area contributed by atoms with Gasteiger partial charge in [-0.25, -0.2) is 4.39 Å². The summed E-state index contributed by atoms with van der Waals surface area (Å²) in [6, 6.07) is 13.3. The van der Waals surface area contributed by atoms with Gasteiger partial charge in [0.25, 0.3) is 0 Å². The van der Waals surface area contributed by atoms with E-state index in [1.165, 1.54) is 17.8 Å². The standard InChI is InChI=1S/C16H17BrFNS/c1-3-19-11(2)14-5-4-6-15(18)16(14)20-13-9-7-12(17)8-10-13/h4-11,19H,3H2,1-2H3. The Morgan fingerprint density at radius 3 is 2.55 bits per heavy atom. The van der Waals surface area contributed by atoms with Crippen LogP contribution in [0.25, 0.3) is 0 Å². The Kier molecular flexibility index (Phi) is 5.64. The first-order chi connectivity index (χ1) is 9.61. The second-order valence-electron chi connectivity index (χ2n) is 4.49. The van der Waals surface area contributed by atoms with Crippen molar-refractivity contribution in [1.82, 2.24) is 5.32 Å². The van der Waals surface area contributed by atoms with E-state index in [0.29, 0.717) is 4.90 Å². The van der Waals surface area contributed by atoms with E-state index in [4.69, 9.17) is 0 Å². The van der Waals surface area contributed by atoms with Gasteiger partial charge in [-0.1, -0.05) is 46.7 Å². The van der Waals surface area contributed by atoms with E-state index >= 15 is 0 Å². The molecular formula is C16H17BrFNS. The third kappa shape index (κ3) is 3.84. The van der Waals surface area contributed by atoms with Crippen LogP contribution < -0.4 is 5.32 Å². The number of benzene rings is 2. The lowest BCUT2D eigenvalue weighted by Crippen LogP contribution is -2.18. The monoisotopic (exact) mass is 353 g/mol. The van der Waals surface area contributed by atoms with Crippen LogP contribution in [-0.4, -0.2) is 6.54 Å². The molecule has 0 aromatic heterocycles. The van der Waals surface area contributed by atoms with Crippen molar-refractivity contribution in [2.75, 3.05) is 6.54 Å². The molecule has 1 N–H and O–H groups in total. The van der Waals surface area contributed by atoms with Crippen LogP contribution in [0.1, 0.15) is 25.5 Å². The summed E-state index contributed by atoms with van der Waals surface area (Å²) in [6.07, 6.45) is 0. The Morgan fingerprint density at radius 2 is 1.90 bits per heavy atom. The third-order valence-corrected chi connectivity index (χ3v) is 4.68. The molecule has 0 aliphatic rings. The SMILES string of the molecule is CCNC(C)c1cccc(F)c1Sc1ccc(Br)cc1. The molecule has 0 saturated carbocycles. The minimum Gasteiger partial charge on any atom is -0.310 e. The average molecular weight is 354 g/mol. The zero-order valence-electron chi connectivity index (χ0n) is 11.5. The number of hydrogen-bond donors (Lipinski definition) is 1. The summed E-state index contributed by atoms with van der Waals surface area (Å²) in [6.45, 7) is 4.97. The Morgan fingerprint density at radius 1 is 1.20 bits per heavy atom. The summed E-state index contributed by atoms with van der Waals surface area (Å²) < 4.78 is 15.2. The summed E-state index contributed by atoms with van der Waals surface area (Å²) in [7, 11) is 0. The largest absolute Gasteiger partial charge is 0.310 e. The normalized spacial score (nSPS) is 12.4. The van der Waals surface area contributed by atoms with Crippen molar-refractivity contribution in [1.29, 1.82) is 0 Å². The molecule has 106 valence electrons. The smallest absolute Gasteiger partial charge is 0.137 e. The maximum Gasteiger partial charge on any atom is 0.137 e. The van der Waals surface area contributed by atoms with Gasteiger partial charge < -0.3 is 5.32 Å². The van der Waals surface area contributed by atoms with Gasteiger partial charge in [-0.3, -0.25) is 0 Å².